The average Bonchev–Trinajstić information content (AvgIpc) is 2.69. The van der Waals surface area contributed by atoms with Gasteiger partial charge < -0.3 is 47.1 Å². The van der Waals surface area contributed by atoms with Crippen molar-refractivity contribution >= 4 is 7.82 Å². The first kappa shape index (κ1) is 25.9. The summed E-state index contributed by atoms with van der Waals surface area (Å²) in [5, 5.41) is 0. The van der Waals surface area contributed by atoms with Crippen LogP contribution in [-0.2, 0) is 46.8 Å². The highest BCUT2D eigenvalue weighted by Crippen LogP contribution is 2.45. The molecule has 0 bridgehead atoms. The maximum atomic E-state index is 12.5. The monoisotopic (exact) mass is 431 g/mol. The number of hydrogen-bond acceptors (Lipinski definition) is 11. The van der Waals surface area contributed by atoms with E-state index in [2.05, 4.69) is 0 Å². The Bertz CT molecular complexity index is 460. The molecule has 0 N–H and O–H groups in total. The Morgan fingerprint density at radius 1 is 0.714 bits per heavy atom. The van der Waals surface area contributed by atoms with Gasteiger partial charge in [0.05, 0.1) is 13.2 Å². The number of ether oxygens (including phenoxy) is 7. The first-order valence-corrected chi connectivity index (χ1v) is 10.1. The minimum atomic E-state index is -4.75. The smallest absolute Gasteiger partial charge is 0.268 e. The Balaban J connectivity index is 3.03. The first-order chi connectivity index (χ1) is 13.3. The number of rotatable bonds is 13. The van der Waals surface area contributed by atoms with Gasteiger partial charge in [0.2, 0.25) is 0 Å². The van der Waals surface area contributed by atoms with E-state index in [0.29, 0.717) is 0 Å². The van der Waals surface area contributed by atoms with Crippen molar-refractivity contribution in [3.63, 3.8) is 0 Å². The van der Waals surface area contributed by atoms with Crippen molar-refractivity contribution in [2.45, 2.75) is 42.7 Å². The zero-order valence-electron chi connectivity index (χ0n) is 17.4. The third-order valence-corrected chi connectivity index (χ3v) is 5.63. The van der Waals surface area contributed by atoms with E-state index in [1.807, 2.05) is 0 Å². The molecular weight excluding hydrogens is 399 g/mol. The molecule has 6 atom stereocenters. The summed E-state index contributed by atoms with van der Waals surface area (Å²) >= 11 is 0. The molecule has 11 nitrogen and oxygen atoms in total. The molecule has 0 aliphatic heterocycles. The molecule has 0 amide bonds. The molecule has 0 aromatic rings. The van der Waals surface area contributed by atoms with Crippen molar-refractivity contribution in [3.8, 4) is 0 Å². The summed E-state index contributed by atoms with van der Waals surface area (Å²) in [6.45, 7) is -0.108. The van der Waals surface area contributed by atoms with E-state index in [1.165, 1.54) is 49.8 Å². The fourth-order valence-electron chi connectivity index (χ4n) is 3.31. The number of hydrogen-bond donors (Lipinski definition) is 0. The van der Waals surface area contributed by atoms with Crippen molar-refractivity contribution in [2.24, 2.45) is 0 Å². The van der Waals surface area contributed by atoms with Crippen LogP contribution in [0.25, 0.3) is 0 Å². The fraction of sp³-hybridized carbons (Fsp3) is 1.00. The molecule has 6 unspecified atom stereocenters. The summed E-state index contributed by atoms with van der Waals surface area (Å²) in [5.41, 5.74) is 0. The van der Waals surface area contributed by atoms with Crippen LogP contribution in [0, 0.1) is 0 Å². The Labute approximate surface area is 166 Å². The molecule has 1 fully saturated rings. The highest BCUT2D eigenvalue weighted by Gasteiger charge is 2.54. The summed E-state index contributed by atoms with van der Waals surface area (Å²) < 4.78 is 60.2. The van der Waals surface area contributed by atoms with Gasteiger partial charge in [-0.15, -0.1) is 0 Å². The van der Waals surface area contributed by atoms with Crippen LogP contribution in [0.15, 0.2) is 0 Å². The predicted molar refractivity (Wildman–Crippen MR) is 95.1 cm³/mol. The van der Waals surface area contributed by atoms with E-state index in [-0.39, 0.29) is 13.2 Å². The summed E-state index contributed by atoms with van der Waals surface area (Å²) in [6, 6.07) is 0. The molecule has 0 saturated heterocycles. The highest BCUT2D eigenvalue weighted by molar-refractivity contribution is 7.45. The summed E-state index contributed by atoms with van der Waals surface area (Å²) in [5.74, 6) is 0. The molecule has 0 aromatic carbocycles. The van der Waals surface area contributed by atoms with E-state index in [4.69, 9.17) is 42.2 Å². The SMILES string of the molecule is COCC(COP(=O)([O-])OC1C(OC)C(OC)C(OC)C(OC)C1OC)OC. The zero-order chi connectivity index (χ0) is 21.3. The van der Waals surface area contributed by atoms with Crippen LogP contribution in [0.1, 0.15) is 0 Å². The lowest BCUT2D eigenvalue weighted by atomic mass is 9.84. The van der Waals surface area contributed by atoms with Crippen LogP contribution in [0.4, 0.5) is 0 Å². The number of methoxy groups -OCH3 is 7. The van der Waals surface area contributed by atoms with Gasteiger partial charge in [-0.1, -0.05) is 0 Å². The topological polar surface area (TPSA) is 123 Å². The molecule has 0 aromatic heterocycles. The molecule has 0 heterocycles. The Hall–Kier alpha value is -0.170. The van der Waals surface area contributed by atoms with Crippen molar-refractivity contribution in [1.82, 2.24) is 0 Å². The highest BCUT2D eigenvalue weighted by atomic mass is 31.2. The second kappa shape index (κ2) is 12.5. The van der Waals surface area contributed by atoms with Crippen molar-refractivity contribution in [2.75, 3.05) is 63.0 Å². The van der Waals surface area contributed by atoms with Crippen LogP contribution >= 0.6 is 7.82 Å². The number of phosphoric acid groups is 1. The van der Waals surface area contributed by atoms with Crippen molar-refractivity contribution < 1.29 is 51.7 Å². The summed E-state index contributed by atoms with van der Waals surface area (Å²) in [7, 11) is 5.37. The quantitative estimate of drug-likeness (QED) is 0.354. The van der Waals surface area contributed by atoms with Crippen LogP contribution in [0.2, 0.25) is 0 Å². The van der Waals surface area contributed by atoms with Crippen LogP contribution in [-0.4, -0.2) is 106 Å². The Morgan fingerprint density at radius 3 is 1.43 bits per heavy atom. The largest absolute Gasteiger partial charge is 0.756 e. The molecule has 0 radical (unpaired) electrons. The molecule has 28 heavy (non-hydrogen) atoms. The van der Waals surface area contributed by atoms with Gasteiger partial charge in [0, 0.05) is 49.8 Å². The molecule has 1 rings (SSSR count). The van der Waals surface area contributed by atoms with Gasteiger partial charge >= 0.3 is 0 Å². The Kier molecular flexibility index (Phi) is 11.6. The minimum Gasteiger partial charge on any atom is -0.756 e. The second-order valence-corrected chi connectivity index (χ2v) is 7.49. The van der Waals surface area contributed by atoms with Gasteiger partial charge in [0.1, 0.15) is 42.7 Å². The van der Waals surface area contributed by atoms with E-state index in [1.54, 1.807) is 0 Å². The third-order valence-electron chi connectivity index (χ3n) is 4.66. The summed E-state index contributed by atoms with van der Waals surface area (Å²) in [4.78, 5) is 12.5. The van der Waals surface area contributed by atoms with Gasteiger partial charge in [0.15, 0.2) is 0 Å². The molecule has 168 valence electrons. The van der Waals surface area contributed by atoms with Gasteiger partial charge in [0.25, 0.3) is 7.82 Å². The van der Waals surface area contributed by atoms with Gasteiger partial charge in [-0.2, -0.15) is 0 Å². The van der Waals surface area contributed by atoms with Crippen molar-refractivity contribution in [3.05, 3.63) is 0 Å². The van der Waals surface area contributed by atoms with Gasteiger partial charge in [-0.25, -0.2) is 0 Å². The second-order valence-electron chi connectivity index (χ2n) is 6.13. The molecule has 1 aliphatic rings. The van der Waals surface area contributed by atoms with Gasteiger partial charge in [-0.05, 0) is 0 Å². The zero-order valence-corrected chi connectivity index (χ0v) is 18.3. The normalized spacial score (nSPS) is 34.1. The number of phosphoric ester groups is 1. The predicted octanol–water partition coefficient (Wildman–Crippen LogP) is -0.393. The van der Waals surface area contributed by atoms with Crippen molar-refractivity contribution in [1.29, 1.82) is 0 Å². The van der Waals surface area contributed by atoms with Crippen LogP contribution in [0.5, 0.6) is 0 Å². The third kappa shape index (κ3) is 6.41. The van der Waals surface area contributed by atoms with E-state index < -0.39 is 50.6 Å². The maximum absolute atomic E-state index is 12.5. The first-order valence-electron chi connectivity index (χ1n) is 8.63. The maximum Gasteiger partial charge on any atom is 0.268 e. The Morgan fingerprint density at radius 2 is 1.11 bits per heavy atom. The van der Waals surface area contributed by atoms with Gasteiger partial charge in [-0.3, -0.25) is 4.57 Å². The standard InChI is InChI=1S/C16H33O11P/c1-19-8-10(20-2)9-26-28(17,18)27-16-14(24-6)12(22-4)11(21-3)13(23-5)15(16)25-7/h10-16H,8-9H2,1-7H3,(H,17,18)/p-1. The lowest BCUT2D eigenvalue weighted by molar-refractivity contribution is -0.274. The molecule has 1 aliphatic carbocycles. The van der Waals surface area contributed by atoms with E-state index >= 15 is 0 Å². The molecule has 1 saturated carbocycles. The van der Waals surface area contributed by atoms with Crippen LogP contribution in [0.3, 0.4) is 0 Å². The molecular formula is C16H32O11P-. The average molecular weight is 431 g/mol. The van der Waals surface area contributed by atoms with E-state index in [9.17, 15) is 9.46 Å². The minimum absolute atomic E-state index is 0.161. The molecule has 0 spiro atoms. The van der Waals surface area contributed by atoms with Crippen LogP contribution < -0.4 is 4.89 Å². The molecule has 12 heteroatoms. The summed E-state index contributed by atoms with van der Waals surface area (Å²) in [6.07, 6.45) is -5.23. The van der Waals surface area contributed by atoms with E-state index in [0.717, 1.165) is 0 Å². The lowest BCUT2D eigenvalue weighted by Crippen LogP contribution is -2.66. The lowest BCUT2D eigenvalue weighted by Gasteiger charge is -2.49. The fourth-order valence-corrected chi connectivity index (χ4v) is 4.25.